The summed E-state index contributed by atoms with van der Waals surface area (Å²) in [6.45, 7) is 3.66. The van der Waals surface area contributed by atoms with Gasteiger partial charge in [-0.15, -0.1) is 23.7 Å². The molecule has 0 unspecified atom stereocenters. The van der Waals surface area contributed by atoms with Crippen molar-refractivity contribution in [1.29, 1.82) is 0 Å². The highest BCUT2D eigenvalue weighted by Gasteiger charge is 2.22. The van der Waals surface area contributed by atoms with Crippen molar-refractivity contribution in [3.05, 3.63) is 64.7 Å². The number of aromatic nitrogens is 1. The normalized spacial score (nSPS) is 14.0. The van der Waals surface area contributed by atoms with E-state index < -0.39 is 0 Å². The first-order chi connectivity index (χ1) is 15.1. The van der Waals surface area contributed by atoms with Crippen LogP contribution in [0.2, 0.25) is 0 Å². The lowest BCUT2D eigenvalue weighted by Crippen LogP contribution is -2.49. The Morgan fingerprint density at radius 1 is 1.09 bits per heavy atom. The first kappa shape index (κ1) is 24.0. The Hall–Kier alpha value is -2.68. The molecule has 32 heavy (non-hydrogen) atoms. The molecule has 170 valence electrons. The van der Waals surface area contributed by atoms with E-state index in [1.807, 2.05) is 28.5 Å². The van der Waals surface area contributed by atoms with Crippen molar-refractivity contribution < 1.29 is 18.7 Å². The van der Waals surface area contributed by atoms with Crippen LogP contribution in [-0.2, 0) is 11.3 Å². The Kier molecular flexibility index (Phi) is 8.44. The molecule has 0 radical (unpaired) electrons. The summed E-state index contributed by atoms with van der Waals surface area (Å²) < 4.78 is 23.9. The Labute approximate surface area is 197 Å². The maximum Gasteiger partial charge on any atom is 0.260 e. The van der Waals surface area contributed by atoms with E-state index in [1.165, 1.54) is 12.1 Å². The fraction of sp³-hybridized carbons (Fsp3) is 0.304. The number of amides is 1. The quantitative estimate of drug-likeness (QED) is 0.512. The van der Waals surface area contributed by atoms with Crippen LogP contribution in [0.25, 0.3) is 11.3 Å². The van der Waals surface area contributed by atoms with Crippen LogP contribution in [0.5, 0.6) is 11.5 Å². The smallest absolute Gasteiger partial charge is 0.260 e. The Bertz CT molecular complexity index is 1020. The molecule has 0 bridgehead atoms. The second-order valence-electron chi connectivity index (χ2n) is 7.26. The average Bonchev–Trinajstić information content (AvgIpc) is 3.27. The van der Waals surface area contributed by atoms with Gasteiger partial charge in [-0.25, -0.2) is 9.37 Å². The lowest BCUT2D eigenvalue weighted by molar-refractivity contribution is -0.135. The summed E-state index contributed by atoms with van der Waals surface area (Å²) in [7, 11) is 1.60. The SMILES string of the molecule is COc1cccc(OCC(=O)N2CCN(Cc3nc(-c4ccc(F)cc4)cs3)CC2)c1.Cl. The number of carbonyl (C=O) groups excluding carboxylic acids is 1. The zero-order valence-corrected chi connectivity index (χ0v) is 19.3. The van der Waals surface area contributed by atoms with Gasteiger partial charge in [0, 0.05) is 43.2 Å². The third-order valence-corrected chi connectivity index (χ3v) is 6.01. The minimum absolute atomic E-state index is 0. The second-order valence-corrected chi connectivity index (χ2v) is 8.20. The first-order valence-corrected chi connectivity index (χ1v) is 11.0. The number of carbonyl (C=O) groups is 1. The van der Waals surface area contributed by atoms with Gasteiger partial charge in [0.15, 0.2) is 6.61 Å². The molecule has 1 fully saturated rings. The summed E-state index contributed by atoms with van der Waals surface area (Å²) in [5.41, 5.74) is 1.78. The van der Waals surface area contributed by atoms with Crippen LogP contribution in [0.3, 0.4) is 0 Å². The van der Waals surface area contributed by atoms with Gasteiger partial charge in [0.25, 0.3) is 5.91 Å². The van der Waals surface area contributed by atoms with E-state index >= 15 is 0 Å². The summed E-state index contributed by atoms with van der Waals surface area (Å²) in [5.74, 6) is 1.05. The summed E-state index contributed by atoms with van der Waals surface area (Å²) in [4.78, 5) is 21.3. The number of rotatable bonds is 7. The zero-order valence-electron chi connectivity index (χ0n) is 17.7. The van der Waals surface area contributed by atoms with Crippen LogP contribution in [0.15, 0.2) is 53.9 Å². The predicted octanol–water partition coefficient (Wildman–Crippen LogP) is 4.10. The molecule has 9 heteroatoms. The molecule has 1 amide bonds. The molecule has 2 heterocycles. The fourth-order valence-electron chi connectivity index (χ4n) is 3.41. The lowest BCUT2D eigenvalue weighted by Gasteiger charge is -2.34. The number of methoxy groups -OCH3 is 1. The molecule has 0 aliphatic carbocycles. The van der Waals surface area contributed by atoms with Crippen molar-refractivity contribution in [3.63, 3.8) is 0 Å². The van der Waals surface area contributed by atoms with Crippen LogP contribution in [-0.4, -0.2) is 60.6 Å². The number of halogens is 2. The number of thiazole rings is 1. The molecule has 1 saturated heterocycles. The van der Waals surface area contributed by atoms with Gasteiger partial charge in [0.2, 0.25) is 0 Å². The third-order valence-electron chi connectivity index (χ3n) is 5.18. The molecule has 0 spiro atoms. The van der Waals surface area contributed by atoms with E-state index in [2.05, 4.69) is 9.88 Å². The molecule has 1 aliphatic rings. The largest absolute Gasteiger partial charge is 0.497 e. The van der Waals surface area contributed by atoms with Crippen molar-refractivity contribution in [2.24, 2.45) is 0 Å². The molecule has 6 nitrogen and oxygen atoms in total. The number of benzene rings is 2. The summed E-state index contributed by atoms with van der Waals surface area (Å²) in [6.07, 6.45) is 0. The highest BCUT2D eigenvalue weighted by atomic mass is 35.5. The molecule has 0 saturated carbocycles. The minimum Gasteiger partial charge on any atom is -0.497 e. The highest BCUT2D eigenvalue weighted by Crippen LogP contribution is 2.23. The van der Waals surface area contributed by atoms with Crippen LogP contribution < -0.4 is 9.47 Å². The molecule has 3 aromatic rings. The summed E-state index contributed by atoms with van der Waals surface area (Å²) in [5, 5.41) is 3.01. The zero-order chi connectivity index (χ0) is 21.6. The molecule has 4 rings (SSSR count). The molecular weight excluding hydrogens is 453 g/mol. The summed E-state index contributed by atoms with van der Waals surface area (Å²) >= 11 is 1.60. The van der Waals surface area contributed by atoms with E-state index in [9.17, 15) is 9.18 Å². The second kappa shape index (κ2) is 11.3. The number of hydrogen-bond acceptors (Lipinski definition) is 6. The van der Waals surface area contributed by atoms with Gasteiger partial charge in [-0.05, 0) is 36.4 Å². The minimum atomic E-state index is -0.250. The first-order valence-electron chi connectivity index (χ1n) is 10.1. The molecule has 1 aromatic heterocycles. The van der Waals surface area contributed by atoms with Crippen LogP contribution >= 0.6 is 23.7 Å². The van der Waals surface area contributed by atoms with Crippen molar-refractivity contribution >= 4 is 29.7 Å². The maximum absolute atomic E-state index is 13.1. The van der Waals surface area contributed by atoms with Crippen molar-refractivity contribution in [2.45, 2.75) is 6.54 Å². The molecule has 0 atom stereocenters. The Morgan fingerprint density at radius 3 is 2.53 bits per heavy atom. The molecule has 1 aliphatic heterocycles. The molecular formula is C23H25ClFN3O3S. The maximum atomic E-state index is 13.1. The standard InChI is InChI=1S/C23H24FN3O3S.ClH/c1-29-19-3-2-4-20(13-19)30-15-23(28)27-11-9-26(10-12-27)14-22-25-21(16-31-22)17-5-7-18(24)8-6-17;/h2-8,13,16H,9-12,14-15H2,1H3;1H. The highest BCUT2D eigenvalue weighted by molar-refractivity contribution is 7.09. The van der Waals surface area contributed by atoms with E-state index in [0.717, 1.165) is 35.9 Å². The van der Waals surface area contributed by atoms with E-state index in [-0.39, 0.29) is 30.7 Å². The molecule has 0 N–H and O–H groups in total. The predicted molar refractivity (Wildman–Crippen MR) is 125 cm³/mol. The lowest BCUT2D eigenvalue weighted by atomic mass is 10.2. The van der Waals surface area contributed by atoms with E-state index in [0.29, 0.717) is 24.6 Å². The topological polar surface area (TPSA) is 54.9 Å². The van der Waals surface area contributed by atoms with Crippen LogP contribution in [0.4, 0.5) is 4.39 Å². The van der Waals surface area contributed by atoms with Gasteiger partial charge in [-0.3, -0.25) is 9.69 Å². The average molecular weight is 478 g/mol. The Morgan fingerprint density at radius 2 is 1.81 bits per heavy atom. The van der Waals surface area contributed by atoms with Crippen molar-refractivity contribution in [2.75, 3.05) is 39.9 Å². The monoisotopic (exact) mass is 477 g/mol. The fourth-order valence-corrected chi connectivity index (χ4v) is 4.26. The van der Waals surface area contributed by atoms with Crippen molar-refractivity contribution in [3.8, 4) is 22.8 Å². The summed E-state index contributed by atoms with van der Waals surface area (Å²) in [6, 6.07) is 13.6. The number of hydrogen-bond donors (Lipinski definition) is 0. The van der Waals surface area contributed by atoms with Gasteiger partial charge in [0.05, 0.1) is 19.3 Å². The van der Waals surface area contributed by atoms with Crippen molar-refractivity contribution in [1.82, 2.24) is 14.8 Å². The number of piperazine rings is 1. The van der Waals surface area contributed by atoms with Gasteiger partial charge >= 0.3 is 0 Å². The van der Waals surface area contributed by atoms with Crippen LogP contribution in [0, 0.1) is 5.82 Å². The van der Waals surface area contributed by atoms with Gasteiger partial charge in [-0.2, -0.15) is 0 Å². The van der Waals surface area contributed by atoms with E-state index in [4.69, 9.17) is 9.47 Å². The third kappa shape index (κ3) is 6.18. The number of nitrogens with zero attached hydrogens (tertiary/aromatic N) is 3. The Balaban J connectivity index is 0.00000289. The van der Waals surface area contributed by atoms with Gasteiger partial charge < -0.3 is 14.4 Å². The number of ether oxygens (including phenoxy) is 2. The van der Waals surface area contributed by atoms with Crippen LogP contribution in [0.1, 0.15) is 5.01 Å². The van der Waals surface area contributed by atoms with Gasteiger partial charge in [0.1, 0.15) is 22.3 Å². The molecule has 2 aromatic carbocycles. The van der Waals surface area contributed by atoms with Gasteiger partial charge in [-0.1, -0.05) is 6.07 Å². The van der Waals surface area contributed by atoms with E-state index in [1.54, 1.807) is 36.6 Å².